The lowest BCUT2D eigenvalue weighted by molar-refractivity contribution is 0.0832. The summed E-state index contributed by atoms with van der Waals surface area (Å²) in [5.74, 6) is 0.0573. The number of carbonyl (C=O) groups excluding carboxylic acids is 1. The van der Waals surface area contributed by atoms with Crippen LogP contribution in [-0.2, 0) is 12.0 Å². The summed E-state index contributed by atoms with van der Waals surface area (Å²) in [5.41, 5.74) is 3.87. The van der Waals surface area contributed by atoms with Crippen molar-refractivity contribution in [3.8, 4) is 5.75 Å². The van der Waals surface area contributed by atoms with Gasteiger partial charge in [-0.3, -0.25) is 14.4 Å². The molecule has 4 rings (SSSR count). The molecule has 1 heterocycles. The predicted octanol–water partition coefficient (Wildman–Crippen LogP) is 6.05. The summed E-state index contributed by atoms with van der Waals surface area (Å²) in [4.78, 5) is 14.7. The number of benzene rings is 2. The molecule has 2 aromatic carbocycles. The van der Waals surface area contributed by atoms with Crippen LogP contribution in [0.3, 0.4) is 0 Å². The number of halogens is 1. The van der Waals surface area contributed by atoms with E-state index >= 15 is 0 Å². The van der Waals surface area contributed by atoms with Gasteiger partial charge >= 0.3 is 0 Å². The van der Waals surface area contributed by atoms with E-state index in [1.807, 2.05) is 0 Å². The van der Waals surface area contributed by atoms with Crippen LogP contribution < -0.4 is 9.46 Å². The Labute approximate surface area is 201 Å². The van der Waals surface area contributed by atoms with Crippen LogP contribution in [0.25, 0.3) is 0 Å². The molecule has 2 aliphatic rings. The number of nitrogens with zero attached hydrogens (tertiary/aromatic N) is 1. The molecule has 1 saturated carbocycles. The summed E-state index contributed by atoms with van der Waals surface area (Å²) in [5, 5.41) is 0. The number of nitrogens with one attached hydrogen (secondary N) is 1. The van der Waals surface area contributed by atoms with E-state index in [0.717, 1.165) is 50.9 Å². The van der Waals surface area contributed by atoms with Crippen molar-refractivity contribution in [1.82, 2.24) is 9.62 Å². The molecule has 1 unspecified atom stereocenters. The topological polar surface area (TPSA) is 41.6 Å². The Hall–Kier alpha value is -2.05. The molecular weight excluding hydrogens is 435 g/mol. The summed E-state index contributed by atoms with van der Waals surface area (Å²) >= 11 is 1.18. The highest BCUT2D eigenvalue weighted by atomic mass is 32.2. The van der Waals surface area contributed by atoms with E-state index in [2.05, 4.69) is 54.7 Å². The Kier molecular flexibility index (Phi) is 7.34. The van der Waals surface area contributed by atoms with E-state index in [9.17, 15) is 9.18 Å². The molecule has 1 atom stereocenters. The summed E-state index contributed by atoms with van der Waals surface area (Å²) < 4.78 is 23.8. The van der Waals surface area contributed by atoms with Crippen LogP contribution in [0.1, 0.15) is 79.4 Å². The highest BCUT2D eigenvalue weighted by molar-refractivity contribution is 7.97. The van der Waals surface area contributed by atoms with Crippen LogP contribution in [-0.4, -0.2) is 36.3 Å². The van der Waals surface area contributed by atoms with Crippen LogP contribution >= 0.6 is 11.9 Å². The zero-order valence-corrected chi connectivity index (χ0v) is 20.9. The summed E-state index contributed by atoms with van der Waals surface area (Å²) in [6, 6.07) is 12.0. The third kappa shape index (κ3) is 6.10. The molecule has 6 heteroatoms. The van der Waals surface area contributed by atoms with Crippen molar-refractivity contribution >= 4 is 17.9 Å². The highest BCUT2D eigenvalue weighted by Crippen LogP contribution is 2.45. The Morgan fingerprint density at radius 1 is 1.18 bits per heavy atom. The largest absolute Gasteiger partial charge is 0.489 e. The third-order valence-electron chi connectivity index (χ3n) is 6.54. The lowest BCUT2D eigenvalue weighted by Gasteiger charge is -2.33. The molecule has 1 aliphatic carbocycles. The lowest BCUT2D eigenvalue weighted by atomic mass is 9.86. The van der Waals surface area contributed by atoms with Crippen molar-refractivity contribution in [3.05, 3.63) is 64.5 Å². The maximum atomic E-state index is 14.8. The smallest absolute Gasteiger partial charge is 0.264 e. The maximum Gasteiger partial charge on any atom is 0.264 e. The van der Waals surface area contributed by atoms with Gasteiger partial charge in [-0.2, -0.15) is 0 Å². The predicted molar refractivity (Wildman–Crippen MR) is 133 cm³/mol. The van der Waals surface area contributed by atoms with E-state index < -0.39 is 11.7 Å². The fourth-order valence-corrected chi connectivity index (χ4v) is 4.81. The van der Waals surface area contributed by atoms with Gasteiger partial charge in [0.2, 0.25) is 0 Å². The molecular formula is C27H35FN2O2S. The number of rotatable bonds is 7. The minimum atomic E-state index is -0.521. The number of piperidine rings is 1. The lowest BCUT2D eigenvalue weighted by Crippen LogP contribution is -2.40. The number of likely N-dealkylation sites (tertiary alicyclic amines) is 1. The molecule has 1 N–H and O–H groups in total. The second kappa shape index (κ2) is 10.1. The molecule has 2 fully saturated rings. The SMILES string of the molecule is CSNC(=O)c1cc(C2CC2)c(OC2CCCN(Cc3ccc(C(C)(C)C)cc3)C2)cc1F. The first-order valence-corrected chi connectivity index (χ1v) is 13.1. The molecule has 1 amide bonds. The quantitative estimate of drug-likeness (QED) is 0.500. The zero-order chi connectivity index (χ0) is 23.6. The number of hydrogen-bond acceptors (Lipinski definition) is 4. The van der Waals surface area contributed by atoms with Crippen LogP contribution in [0.5, 0.6) is 5.75 Å². The minimum absolute atomic E-state index is 0.0235. The Bertz CT molecular complexity index is 983. The molecule has 1 aliphatic heterocycles. The Morgan fingerprint density at radius 3 is 2.55 bits per heavy atom. The van der Waals surface area contributed by atoms with Crippen molar-refractivity contribution in [1.29, 1.82) is 0 Å². The van der Waals surface area contributed by atoms with Gasteiger partial charge in [0.25, 0.3) is 5.91 Å². The van der Waals surface area contributed by atoms with E-state index in [-0.39, 0.29) is 17.1 Å². The molecule has 178 valence electrons. The van der Waals surface area contributed by atoms with Gasteiger partial charge in [0.15, 0.2) is 0 Å². The van der Waals surface area contributed by atoms with Crippen LogP contribution in [0.4, 0.5) is 4.39 Å². The second-order valence-corrected chi connectivity index (χ2v) is 11.0. The second-order valence-electron chi connectivity index (χ2n) is 10.3. The fourth-order valence-electron chi connectivity index (χ4n) is 4.51. The molecule has 2 aromatic rings. The Morgan fingerprint density at radius 2 is 1.91 bits per heavy atom. The van der Waals surface area contributed by atoms with Gasteiger partial charge < -0.3 is 4.74 Å². The highest BCUT2D eigenvalue weighted by Gasteiger charge is 2.31. The first-order chi connectivity index (χ1) is 15.7. The van der Waals surface area contributed by atoms with Gasteiger partial charge in [-0.05, 0) is 66.3 Å². The van der Waals surface area contributed by atoms with Gasteiger partial charge in [0, 0.05) is 25.4 Å². The van der Waals surface area contributed by atoms with Gasteiger partial charge in [0.1, 0.15) is 17.7 Å². The standard InChI is InChI=1S/C27H35FN2O2S/c1-27(2,3)20-11-7-18(8-12-20)16-30-13-5-6-21(17-30)32-25-15-24(28)23(26(31)29-33-4)14-22(25)19-9-10-19/h7-8,11-12,14-15,19,21H,5-6,9-10,13,16-17H2,1-4H3,(H,29,31). The molecule has 33 heavy (non-hydrogen) atoms. The van der Waals surface area contributed by atoms with Crippen molar-refractivity contribution < 1.29 is 13.9 Å². The molecule has 1 saturated heterocycles. The molecule has 0 aromatic heterocycles. The Balaban J connectivity index is 1.44. The minimum Gasteiger partial charge on any atom is -0.489 e. The van der Waals surface area contributed by atoms with Crippen molar-refractivity contribution in [3.63, 3.8) is 0 Å². The summed E-state index contributed by atoms with van der Waals surface area (Å²) in [6.07, 6.45) is 5.92. The van der Waals surface area contributed by atoms with Gasteiger partial charge in [-0.15, -0.1) is 0 Å². The first-order valence-electron chi connectivity index (χ1n) is 11.9. The van der Waals surface area contributed by atoms with Crippen molar-refractivity contribution in [2.24, 2.45) is 0 Å². The monoisotopic (exact) mass is 470 g/mol. The van der Waals surface area contributed by atoms with E-state index in [1.165, 1.54) is 29.1 Å². The molecule has 0 bridgehead atoms. The average Bonchev–Trinajstić information content (AvgIpc) is 3.59. The first kappa shape index (κ1) is 24.1. The van der Waals surface area contributed by atoms with Crippen LogP contribution in [0.2, 0.25) is 0 Å². The van der Waals surface area contributed by atoms with E-state index in [4.69, 9.17) is 4.74 Å². The molecule has 4 nitrogen and oxygen atoms in total. The van der Waals surface area contributed by atoms with Crippen molar-refractivity contribution in [2.75, 3.05) is 19.3 Å². The molecule has 0 radical (unpaired) electrons. The zero-order valence-electron chi connectivity index (χ0n) is 20.1. The number of carbonyl (C=O) groups is 1. The maximum absolute atomic E-state index is 14.8. The summed E-state index contributed by atoms with van der Waals surface area (Å²) in [6.45, 7) is 9.45. The van der Waals surface area contributed by atoms with Gasteiger partial charge in [-0.1, -0.05) is 57.0 Å². The number of hydrogen-bond donors (Lipinski definition) is 1. The fraction of sp³-hybridized carbons (Fsp3) is 0.519. The van der Waals surface area contributed by atoms with Gasteiger partial charge in [-0.25, -0.2) is 4.39 Å². The molecule has 0 spiro atoms. The van der Waals surface area contributed by atoms with Crippen LogP contribution in [0.15, 0.2) is 36.4 Å². The third-order valence-corrected chi connectivity index (χ3v) is 6.93. The average molecular weight is 471 g/mol. The number of amides is 1. The normalized spacial score (nSPS) is 19.4. The van der Waals surface area contributed by atoms with E-state index in [1.54, 1.807) is 12.3 Å². The van der Waals surface area contributed by atoms with Crippen LogP contribution in [0, 0.1) is 5.82 Å². The van der Waals surface area contributed by atoms with E-state index in [0.29, 0.717) is 11.7 Å². The van der Waals surface area contributed by atoms with Gasteiger partial charge in [0.05, 0.1) is 5.56 Å². The number of ether oxygens (including phenoxy) is 1. The summed E-state index contributed by atoms with van der Waals surface area (Å²) in [7, 11) is 0. The van der Waals surface area contributed by atoms with Crippen molar-refractivity contribution in [2.45, 2.75) is 70.4 Å².